The molecule has 5 heteroatoms. The first-order chi connectivity index (χ1) is 10.7. The van der Waals surface area contributed by atoms with Gasteiger partial charge in [-0.1, -0.05) is 18.2 Å². The number of hydrogen-bond acceptors (Lipinski definition) is 4. The molecule has 0 radical (unpaired) electrons. The van der Waals surface area contributed by atoms with Crippen molar-refractivity contribution in [1.82, 2.24) is 9.38 Å². The molecule has 0 bridgehead atoms. The summed E-state index contributed by atoms with van der Waals surface area (Å²) in [5.41, 5.74) is 10.0. The van der Waals surface area contributed by atoms with Gasteiger partial charge in [0.25, 0.3) is 0 Å². The van der Waals surface area contributed by atoms with Crippen LogP contribution in [0.5, 0.6) is 0 Å². The van der Waals surface area contributed by atoms with Gasteiger partial charge in [-0.25, -0.2) is 4.98 Å². The summed E-state index contributed by atoms with van der Waals surface area (Å²) in [6, 6.07) is 13.8. The Morgan fingerprint density at radius 2 is 1.95 bits per heavy atom. The zero-order valence-corrected chi connectivity index (χ0v) is 12.7. The highest BCUT2D eigenvalue weighted by atomic mass is 32.1. The third-order valence-electron chi connectivity index (χ3n) is 3.72. The van der Waals surface area contributed by atoms with E-state index in [2.05, 4.69) is 4.98 Å². The first kappa shape index (κ1) is 13.0. The van der Waals surface area contributed by atoms with E-state index in [0.29, 0.717) is 11.4 Å². The maximum atomic E-state index is 12.0. The van der Waals surface area contributed by atoms with Gasteiger partial charge in [0.15, 0.2) is 5.78 Å². The zero-order valence-electron chi connectivity index (χ0n) is 11.9. The molecule has 0 saturated heterocycles. The number of carbonyl (C=O) groups is 1. The Bertz CT molecular complexity index is 996. The summed E-state index contributed by atoms with van der Waals surface area (Å²) in [5, 5.41) is 0.843. The Kier molecular flexibility index (Phi) is 2.77. The second-order valence-electron chi connectivity index (χ2n) is 5.14. The molecule has 0 atom stereocenters. The maximum Gasteiger partial charge on any atom is 0.178 e. The molecule has 1 aromatic carbocycles. The van der Waals surface area contributed by atoms with Gasteiger partial charge in [-0.05, 0) is 24.3 Å². The largest absolute Gasteiger partial charge is 0.396 e. The van der Waals surface area contributed by atoms with Gasteiger partial charge in [0, 0.05) is 13.1 Å². The summed E-state index contributed by atoms with van der Waals surface area (Å²) in [6.45, 7) is 1.53. The Balaban J connectivity index is 2.10. The summed E-state index contributed by atoms with van der Waals surface area (Å²) in [7, 11) is 0. The summed E-state index contributed by atoms with van der Waals surface area (Å²) >= 11 is 1.59. The number of ketones is 1. The second-order valence-corrected chi connectivity index (χ2v) is 6.17. The number of anilines is 1. The quantitative estimate of drug-likeness (QED) is 0.569. The molecule has 108 valence electrons. The standard InChI is InChI=1S/C17H13N3OS/c1-10(21)16-15(18)14(12-7-4-5-9-20(12)16)17-19-11-6-2-3-8-13(11)22-17/h2-9H,18H2,1H3. The molecule has 0 saturated carbocycles. The van der Waals surface area contributed by atoms with E-state index >= 15 is 0 Å². The van der Waals surface area contributed by atoms with E-state index in [9.17, 15) is 4.79 Å². The lowest BCUT2D eigenvalue weighted by molar-refractivity contribution is 0.101. The highest BCUT2D eigenvalue weighted by molar-refractivity contribution is 7.21. The highest BCUT2D eigenvalue weighted by Crippen LogP contribution is 2.39. The van der Waals surface area contributed by atoms with E-state index in [4.69, 9.17) is 5.73 Å². The van der Waals surface area contributed by atoms with Gasteiger partial charge in [-0.3, -0.25) is 4.79 Å². The number of Topliss-reactive ketones (excluding diaryl/α,β-unsaturated/α-hetero) is 1. The third-order valence-corrected chi connectivity index (χ3v) is 4.78. The number of nitrogen functional groups attached to an aromatic ring is 1. The molecule has 3 aromatic heterocycles. The zero-order chi connectivity index (χ0) is 15.3. The molecule has 4 nitrogen and oxygen atoms in total. The Morgan fingerprint density at radius 3 is 2.73 bits per heavy atom. The average molecular weight is 307 g/mol. The number of hydrogen-bond donors (Lipinski definition) is 1. The minimum Gasteiger partial charge on any atom is -0.396 e. The van der Waals surface area contributed by atoms with Gasteiger partial charge in [0.05, 0.1) is 27.0 Å². The molecule has 0 fully saturated rings. The van der Waals surface area contributed by atoms with Crippen molar-refractivity contribution in [3.63, 3.8) is 0 Å². The number of pyridine rings is 1. The van der Waals surface area contributed by atoms with Crippen LogP contribution >= 0.6 is 11.3 Å². The number of nitrogens with two attached hydrogens (primary N) is 1. The van der Waals surface area contributed by atoms with Crippen molar-refractivity contribution in [3.8, 4) is 10.6 Å². The third kappa shape index (κ3) is 1.76. The lowest BCUT2D eigenvalue weighted by Crippen LogP contribution is -2.01. The van der Waals surface area contributed by atoms with E-state index in [1.54, 1.807) is 11.3 Å². The van der Waals surface area contributed by atoms with Gasteiger partial charge in [-0.15, -0.1) is 11.3 Å². The number of nitrogens with zero attached hydrogens (tertiary/aromatic N) is 2. The SMILES string of the molecule is CC(=O)c1c(N)c(-c2nc3ccccc3s2)c2ccccn12. The number of benzene rings is 1. The van der Waals surface area contributed by atoms with Gasteiger partial charge in [0.1, 0.15) is 10.7 Å². The molecule has 4 rings (SSSR count). The van der Waals surface area contributed by atoms with Crippen molar-refractivity contribution >= 4 is 38.5 Å². The van der Waals surface area contributed by atoms with Gasteiger partial charge in [0.2, 0.25) is 0 Å². The number of thiazole rings is 1. The second kappa shape index (κ2) is 4.68. The van der Waals surface area contributed by atoms with E-state index in [-0.39, 0.29) is 5.78 Å². The van der Waals surface area contributed by atoms with Crippen molar-refractivity contribution in [2.45, 2.75) is 6.92 Å². The van der Waals surface area contributed by atoms with Crippen LogP contribution in [-0.4, -0.2) is 15.2 Å². The van der Waals surface area contributed by atoms with Crippen LogP contribution in [0.4, 0.5) is 5.69 Å². The van der Waals surface area contributed by atoms with E-state index in [0.717, 1.165) is 26.3 Å². The number of rotatable bonds is 2. The Morgan fingerprint density at radius 1 is 1.18 bits per heavy atom. The molecule has 0 unspecified atom stereocenters. The number of carbonyl (C=O) groups excluding carboxylic acids is 1. The molecule has 0 aliphatic carbocycles. The predicted octanol–water partition coefficient (Wildman–Crippen LogP) is 4.00. The van der Waals surface area contributed by atoms with Crippen molar-refractivity contribution in [2.24, 2.45) is 0 Å². The molecular weight excluding hydrogens is 294 g/mol. The van der Waals surface area contributed by atoms with Crippen molar-refractivity contribution in [1.29, 1.82) is 0 Å². The van der Waals surface area contributed by atoms with Crippen LogP contribution in [0, 0.1) is 0 Å². The van der Waals surface area contributed by atoms with Crippen LogP contribution in [0.1, 0.15) is 17.4 Å². The molecule has 0 aliphatic rings. The number of aromatic nitrogens is 2. The summed E-state index contributed by atoms with van der Waals surface area (Å²) in [4.78, 5) is 16.7. The van der Waals surface area contributed by atoms with Gasteiger partial charge >= 0.3 is 0 Å². The summed E-state index contributed by atoms with van der Waals surface area (Å²) in [6.07, 6.45) is 1.86. The van der Waals surface area contributed by atoms with Crippen molar-refractivity contribution < 1.29 is 4.79 Å². The first-order valence-electron chi connectivity index (χ1n) is 6.92. The fourth-order valence-electron chi connectivity index (χ4n) is 2.79. The fraction of sp³-hybridized carbons (Fsp3) is 0.0588. The van der Waals surface area contributed by atoms with Crippen LogP contribution < -0.4 is 5.73 Å². The van der Waals surface area contributed by atoms with E-state index in [1.807, 2.05) is 53.1 Å². The normalized spacial score (nSPS) is 11.3. The number of fused-ring (bicyclic) bond motifs is 2. The topological polar surface area (TPSA) is 60.4 Å². The summed E-state index contributed by atoms with van der Waals surface area (Å²) < 4.78 is 2.95. The Labute approximate surface area is 130 Å². The highest BCUT2D eigenvalue weighted by Gasteiger charge is 2.21. The predicted molar refractivity (Wildman–Crippen MR) is 90.4 cm³/mol. The minimum absolute atomic E-state index is 0.0499. The molecule has 0 spiro atoms. The molecule has 4 aromatic rings. The van der Waals surface area contributed by atoms with E-state index in [1.165, 1.54) is 6.92 Å². The lowest BCUT2D eigenvalue weighted by atomic mass is 10.2. The molecule has 2 N–H and O–H groups in total. The molecular formula is C17H13N3OS. The molecule has 3 heterocycles. The van der Waals surface area contributed by atoms with Crippen LogP contribution in [0.25, 0.3) is 26.3 Å². The van der Waals surface area contributed by atoms with E-state index < -0.39 is 0 Å². The number of para-hydroxylation sites is 1. The van der Waals surface area contributed by atoms with Crippen LogP contribution in [-0.2, 0) is 0 Å². The first-order valence-corrected chi connectivity index (χ1v) is 7.74. The summed E-state index contributed by atoms with van der Waals surface area (Å²) in [5.74, 6) is -0.0499. The Hall–Kier alpha value is -2.66. The fourth-order valence-corrected chi connectivity index (χ4v) is 3.82. The molecule has 22 heavy (non-hydrogen) atoms. The monoisotopic (exact) mass is 307 g/mol. The molecule has 0 aliphatic heterocycles. The lowest BCUT2D eigenvalue weighted by Gasteiger charge is -1.98. The van der Waals surface area contributed by atoms with Crippen molar-refractivity contribution in [2.75, 3.05) is 5.73 Å². The van der Waals surface area contributed by atoms with Gasteiger partial charge in [-0.2, -0.15) is 0 Å². The van der Waals surface area contributed by atoms with Crippen molar-refractivity contribution in [3.05, 3.63) is 54.4 Å². The maximum absolute atomic E-state index is 12.0. The average Bonchev–Trinajstić information content (AvgIpc) is 3.04. The molecule has 0 amide bonds. The van der Waals surface area contributed by atoms with Crippen LogP contribution in [0.15, 0.2) is 48.7 Å². The van der Waals surface area contributed by atoms with Crippen LogP contribution in [0.2, 0.25) is 0 Å². The smallest absolute Gasteiger partial charge is 0.178 e. The van der Waals surface area contributed by atoms with Crippen LogP contribution in [0.3, 0.4) is 0 Å². The van der Waals surface area contributed by atoms with Gasteiger partial charge < -0.3 is 10.1 Å². The minimum atomic E-state index is -0.0499.